The van der Waals surface area contributed by atoms with Crippen molar-refractivity contribution in [2.45, 2.75) is 40.0 Å². The van der Waals surface area contributed by atoms with Crippen LogP contribution in [0.15, 0.2) is 0 Å². The average Bonchev–Trinajstić information content (AvgIpc) is 1.87. The van der Waals surface area contributed by atoms with Crippen LogP contribution in [-0.2, 0) is 0 Å². The first-order valence-corrected chi connectivity index (χ1v) is 4.06. The molecule has 0 radical (unpaired) electrons. The number of nitriles is 1. The molecule has 0 saturated heterocycles. The molecule has 0 bridgehead atoms. The molecule has 0 aliphatic heterocycles. The van der Waals surface area contributed by atoms with E-state index in [1.807, 2.05) is 6.92 Å². The summed E-state index contributed by atoms with van der Waals surface area (Å²) in [5, 5.41) is 8.45. The molecule has 0 rings (SSSR count). The van der Waals surface area contributed by atoms with E-state index in [-0.39, 0.29) is 5.92 Å². The lowest BCUT2D eigenvalue weighted by atomic mass is 10.0. The van der Waals surface area contributed by atoms with Gasteiger partial charge >= 0.3 is 0 Å². The molecule has 0 fully saturated rings. The van der Waals surface area contributed by atoms with Crippen LogP contribution in [-0.4, -0.2) is 0 Å². The van der Waals surface area contributed by atoms with Gasteiger partial charge in [0.05, 0.1) is 6.07 Å². The van der Waals surface area contributed by atoms with E-state index in [9.17, 15) is 0 Å². The van der Waals surface area contributed by atoms with Crippen molar-refractivity contribution >= 4 is 0 Å². The highest BCUT2D eigenvalue weighted by Crippen LogP contribution is 2.10. The van der Waals surface area contributed by atoms with Gasteiger partial charge in [0.15, 0.2) is 0 Å². The van der Waals surface area contributed by atoms with Crippen LogP contribution in [0.3, 0.4) is 0 Å². The summed E-state index contributed by atoms with van der Waals surface area (Å²) >= 11 is 0. The van der Waals surface area contributed by atoms with E-state index < -0.39 is 0 Å². The van der Waals surface area contributed by atoms with Crippen molar-refractivity contribution in [3.05, 3.63) is 0 Å². The second kappa shape index (κ2) is 5.29. The molecule has 1 nitrogen and oxygen atoms in total. The highest BCUT2D eigenvalue weighted by atomic mass is 14.3. The molecule has 0 spiro atoms. The van der Waals surface area contributed by atoms with E-state index in [2.05, 4.69) is 19.9 Å². The minimum Gasteiger partial charge on any atom is -0.198 e. The fourth-order valence-electron chi connectivity index (χ4n) is 0.897. The first kappa shape index (κ1) is 9.49. The Morgan fingerprint density at radius 3 is 2.20 bits per heavy atom. The summed E-state index contributed by atoms with van der Waals surface area (Å²) in [6.45, 7) is 6.43. The second-order valence-corrected chi connectivity index (χ2v) is 3.35. The van der Waals surface area contributed by atoms with Crippen LogP contribution in [0, 0.1) is 23.2 Å². The summed E-state index contributed by atoms with van der Waals surface area (Å²) in [6.07, 6.45) is 3.52. The van der Waals surface area contributed by atoms with Crippen molar-refractivity contribution in [2.24, 2.45) is 11.8 Å². The third-order valence-electron chi connectivity index (χ3n) is 1.64. The van der Waals surface area contributed by atoms with Crippen LogP contribution < -0.4 is 0 Å². The molecular weight excluding hydrogens is 122 g/mol. The molecule has 0 aromatic carbocycles. The SMILES string of the molecule is CC(C)CCCC(C)C#N. The van der Waals surface area contributed by atoms with Crippen LogP contribution in [0.25, 0.3) is 0 Å². The molecule has 58 valence electrons. The summed E-state index contributed by atoms with van der Waals surface area (Å²) in [4.78, 5) is 0. The zero-order valence-corrected chi connectivity index (χ0v) is 7.22. The number of hydrogen-bond donors (Lipinski definition) is 0. The Balaban J connectivity index is 3.13. The Labute approximate surface area is 64.1 Å². The van der Waals surface area contributed by atoms with Crippen LogP contribution in [0.2, 0.25) is 0 Å². The summed E-state index contributed by atoms with van der Waals surface area (Å²) < 4.78 is 0. The highest BCUT2D eigenvalue weighted by Gasteiger charge is 1.99. The number of hydrogen-bond acceptors (Lipinski definition) is 1. The monoisotopic (exact) mass is 139 g/mol. The van der Waals surface area contributed by atoms with Crippen molar-refractivity contribution in [1.29, 1.82) is 5.26 Å². The number of nitrogens with zero attached hydrogens (tertiary/aromatic N) is 1. The zero-order valence-electron chi connectivity index (χ0n) is 7.22. The predicted octanol–water partition coefficient (Wildman–Crippen LogP) is 2.97. The predicted molar refractivity (Wildman–Crippen MR) is 43.5 cm³/mol. The topological polar surface area (TPSA) is 23.8 Å². The molecule has 0 heterocycles. The van der Waals surface area contributed by atoms with E-state index in [1.54, 1.807) is 0 Å². The lowest BCUT2D eigenvalue weighted by molar-refractivity contribution is 0.505. The Morgan fingerprint density at radius 1 is 1.20 bits per heavy atom. The van der Waals surface area contributed by atoms with Crippen molar-refractivity contribution in [3.8, 4) is 6.07 Å². The lowest BCUT2D eigenvalue weighted by Crippen LogP contribution is -1.92. The normalized spacial score (nSPS) is 13.1. The molecule has 1 unspecified atom stereocenters. The summed E-state index contributed by atoms with van der Waals surface area (Å²) in [5.74, 6) is 1.03. The molecule has 0 aliphatic carbocycles. The summed E-state index contributed by atoms with van der Waals surface area (Å²) in [6, 6.07) is 2.24. The Kier molecular flexibility index (Phi) is 5.02. The number of rotatable bonds is 4. The minimum absolute atomic E-state index is 0.249. The molecule has 0 N–H and O–H groups in total. The molecular formula is C9H17N. The van der Waals surface area contributed by atoms with E-state index in [0.29, 0.717) is 0 Å². The van der Waals surface area contributed by atoms with Crippen LogP contribution >= 0.6 is 0 Å². The van der Waals surface area contributed by atoms with E-state index in [4.69, 9.17) is 5.26 Å². The summed E-state index contributed by atoms with van der Waals surface area (Å²) in [5.41, 5.74) is 0. The van der Waals surface area contributed by atoms with Crippen LogP contribution in [0.1, 0.15) is 40.0 Å². The lowest BCUT2D eigenvalue weighted by Gasteiger charge is -2.04. The van der Waals surface area contributed by atoms with Crippen LogP contribution in [0.5, 0.6) is 0 Å². The largest absolute Gasteiger partial charge is 0.198 e. The van der Waals surface area contributed by atoms with Crippen molar-refractivity contribution in [2.75, 3.05) is 0 Å². The first-order chi connectivity index (χ1) is 4.66. The van der Waals surface area contributed by atoms with Gasteiger partial charge in [0, 0.05) is 5.92 Å². The smallest absolute Gasteiger partial charge is 0.0652 e. The molecule has 0 saturated carbocycles. The van der Waals surface area contributed by atoms with Gasteiger partial charge in [-0.1, -0.05) is 26.7 Å². The maximum atomic E-state index is 8.45. The molecule has 0 aromatic heterocycles. The molecule has 0 aliphatic rings. The average molecular weight is 139 g/mol. The van der Waals surface area contributed by atoms with Gasteiger partial charge in [0.25, 0.3) is 0 Å². The van der Waals surface area contributed by atoms with Gasteiger partial charge in [-0.3, -0.25) is 0 Å². The third kappa shape index (κ3) is 5.62. The van der Waals surface area contributed by atoms with E-state index in [1.165, 1.54) is 12.8 Å². The molecule has 0 amide bonds. The van der Waals surface area contributed by atoms with Crippen molar-refractivity contribution in [1.82, 2.24) is 0 Å². The zero-order chi connectivity index (χ0) is 7.98. The Bertz CT molecular complexity index is 110. The molecule has 0 aromatic rings. The van der Waals surface area contributed by atoms with Gasteiger partial charge < -0.3 is 0 Å². The van der Waals surface area contributed by atoms with Crippen molar-refractivity contribution < 1.29 is 0 Å². The first-order valence-electron chi connectivity index (χ1n) is 4.06. The Morgan fingerprint density at radius 2 is 1.80 bits per heavy atom. The van der Waals surface area contributed by atoms with Gasteiger partial charge in [-0.15, -0.1) is 0 Å². The maximum absolute atomic E-state index is 8.45. The van der Waals surface area contributed by atoms with Gasteiger partial charge in [0.2, 0.25) is 0 Å². The van der Waals surface area contributed by atoms with Gasteiger partial charge in [-0.25, -0.2) is 0 Å². The fraction of sp³-hybridized carbons (Fsp3) is 0.889. The molecule has 1 heteroatoms. The Hall–Kier alpha value is -0.510. The minimum atomic E-state index is 0.249. The fourth-order valence-corrected chi connectivity index (χ4v) is 0.897. The summed E-state index contributed by atoms with van der Waals surface area (Å²) in [7, 11) is 0. The highest BCUT2D eigenvalue weighted by molar-refractivity contribution is 4.77. The van der Waals surface area contributed by atoms with Crippen molar-refractivity contribution in [3.63, 3.8) is 0 Å². The van der Waals surface area contributed by atoms with Gasteiger partial charge in [0.1, 0.15) is 0 Å². The quantitative estimate of drug-likeness (QED) is 0.587. The van der Waals surface area contributed by atoms with Gasteiger partial charge in [-0.2, -0.15) is 5.26 Å². The van der Waals surface area contributed by atoms with E-state index in [0.717, 1.165) is 12.3 Å². The third-order valence-corrected chi connectivity index (χ3v) is 1.64. The maximum Gasteiger partial charge on any atom is 0.0652 e. The second-order valence-electron chi connectivity index (χ2n) is 3.35. The van der Waals surface area contributed by atoms with E-state index >= 15 is 0 Å². The molecule has 1 atom stereocenters. The molecule has 10 heavy (non-hydrogen) atoms. The van der Waals surface area contributed by atoms with Crippen LogP contribution in [0.4, 0.5) is 0 Å². The standard InChI is InChI=1S/C9H17N/c1-8(2)5-4-6-9(3)7-10/h8-9H,4-6H2,1-3H3. The van der Waals surface area contributed by atoms with Gasteiger partial charge in [-0.05, 0) is 19.3 Å².